The normalized spacial score (nSPS) is 19.8. The number of β-amino-alcohol motifs (C(OH)–C–C–N with tert-alkyl or cyclic N) is 1. The number of hydrogen-bond donors (Lipinski definition) is 2. The predicted molar refractivity (Wildman–Crippen MR) is 40.9 cm³/mol. The zero-order chi connectivity index (χ0) is 8.65. The number of rotatable bonds is 1. The highest BCUT2D eigenvalue weighted by atomic mass is 16.3. The van der Waals surface area contributed by atoms with Crippen molar-refractivity contribution in [3.05, 3.63) is 0 Å². The smallest absolute Gasteiger partial charge is 0.242 e. The van der Waals surface area contributed by atoms with E-state index in [1.165, 1.54) is 0 Å². The van der Waals surface area contributed by atoms with Gasteiger partial charge in [-0.15, -0.1) is 0 Å². The maximum absolute atomic E-state index is 11.3. The van der Waals surface area contributed by atoms with Crippen LogP contribution in [0.2, 0.25) is 0 Å². The molecule has 1 amide bonds. The van der Waals surface area contributed by atoms with Crippen molar-refractivity contribution in [2.24, 2.45) is 5.73 Å². The zero-order valence-electron chi connectivity index (χ0n) is 6.87. The third-order valence-corrected chi connectivity index (χ3v) is 1.70. The van der Waals surface area contributed by atoms with Gasteiger partial charge in [0, 0.05) is 13.1 Å². The van der Waals surface area contributed by atoms with Crippen molar-refractivity contribution < 1.29 is 9.90 Å². The minimum atomic E-state index is -0.805. The van der Waals surface area contributed by atoms with E-state index >= 15 is 0 Å². The fourth-order valence-corrected chi connectivity index (χ4v) is 1.03. The van der Waals surface area contributed by atoms with Gasteiger partial charge in [0.25, 0.3) is 0 Å². The Balaban J connectivity index is 2.45. The molecular formula is C7H14N2O2. The van der Waals surface area contributed by atoms with Crippen LogP contribution in [0.3, 0.4) is 0 Å². The summed E-state index contributed by atoms with van der Waals surface area (Å²) < 4.78 is 0. The van der Waals surface area contributed by atoms with Gasteiger partial charge in [-0.3, -0.25) is 4.79 Å². The Morgan fingerprint density at radius 1 is 1.64 bits per heavy atom. The number of amides is 1. The molecule has 0 spiro atoms. The summed E-state index contributed by atoms with van der Waals surface area (Å²) in [6.07, 6.45) is -0.346. The van der Waals surface area contributed by atoms with E-state index in [0.29, 0.717) is 13.1 Å². The summed E-state index contributed by atoms with van der Waals surface area (Å²) in [4.78, 5) is 12.8. The van der Waals surface area contributed by atoms with Gasteiger partial charge in [0.05, 0.1) is 11.6 Å². The molecule has 0 saturated carbocycles. The second-order valence-electron chi connectivity index (χ2n) is 3.59. The largest absolute Gasteiger partial charge is 0.389 e. The van der Waals surface area contributed by atoms with Crippen LogP contribution in [0.4, 0.5) is 0 Å². The molecule has 1 rings (SSSR count). The number of aliphatic hydroxyl groups is 1. The average Bonchev–Trinajstić information content (AvgIpc) is 1.77. The lowest BCUT2D eigenvalue weighted by Crippen LogP contribution is -2.61. The lowest BCUT2D eigenvalue weighted by molar-refractivity contribution is -0.145. The number of carbonyl (C=O) groups is 1. The molecular weight excluding hydrogens is 144 g/mol. The Kier molecular flexibility index (Phi) is 1.90. The van der Waals surface area contributed by atoms with Gasteiger partial charge >= 0.3 is 0 Å². The van der Waals surface area contributed by atoms with Crippen LogP contribution in [0.1, 0.15) is 13.8 Å². The van der Waals surface area contributed by atoms with E-state index in [4.69, 9.17) is 10.8 Å². The third kappa shape index (κ3) is 1.70. The van der Waals surface area contributed by atoms with Crippen LogP contribution in [0.25, 0.3) is 0 Å². The molecule has 0 atom stereocenters. The monoisotopic (exact) mass is 158 g/mol. The molecule has 3 N–H and O–H groups in total. The molecule has 0 aromatic rings. The molecule has 0 aliphatic carbocycles. The van der Waals surface area contributed by atoms with Gasteiger partial charge in [-0.2, -0.15) is 0 Å². The molecule has 1 fully saturated rings. The second kappa shape index (κ2) is 2.46. The maximum atomic E-state index is 11.3. The van der Waals surface area contributed by atoms with E-state index in [2.05, 4.69) is 0 Å². The Hall–Kier alpha value is -0.610. The molecule has 1 heterocycles. The SMILES string of the molecule is CC(C)(N)C(=O)N1CC(O)C1. The van der Waals surface area contributed by atoms with Gasteiger partial charge in [0.15, 0.2) is 0 Å². The molecule has 1 saturated heterocycles. The first-order chi connectivity index (χ1) is 4.91. The van der Waals surface area contributed by atoms with Crippen LogP contribution in [0, 0.1) is 0 Å². The third-order valence-electron chi connectivity index (χ3n) is 1.70. The van der Waals surface area contributed by atoms with Crippen molar-refractivity contribution in [2.75, 3.05) is 13.1 Å². The summed E-state index contributed by atoms with van der Waals surface area (Å²) in [5.74, 6) is -0.0946. The number of likely N-dealkylation sites (tertiary alicyclic amines) is 1. The van der Waals surface area contributed by atoms with E-state index in [1.54, 1.807) is 18.7 Å². The average molecular weight is 158 g/mol. The first kappa shape index (κ1) is 8.49. The van der Waals surface area contributed by atoms with Crippen LogP contribution in [0.5, 0.6) is 0 Å². The highest BCUT2D eigenvalue weighted by Crippen LogP contribution is 2.12. The summed E-state index contributed by atoms with van der Waals surface area (Å²) in [5, 5.41) is 8.90. The van der Waals surface area contributed by atoms with Crippen molar-refractivity contribution in [3.8, 4) is 0 Å². The minimum absolute atomic E-state index is 0.0946. The summed E-state index contributed by atoms with van der Waals surface area (Å²) in [6, 6.07) is 0. The minimum Gasteiger partial charge on any atom is -0.389 e. The fourth-order valence-electron chi connectivity index (χ4n) is 1.03. The molecule has 1 aliphatic heterocycles. The summed E-state index contributed by atoms with van der Waals surface area (Å²) in [6.45, 7) is 4.19. The molecule has 0 unspecified atom stereocenters. The number of nitrogens with two attached hydrogens (primary N) is 1. The first-order valence-corrected chi connectivity index (χ1v) is 3.67. The molecule has 64 valence electrons. The lowest BCUT2D eigenvalue weighted by atomic mass is 10.0. The number of aliphatic hydroxyl groups excluding tert-OH is 1. The van der Waals surface area contributed by atoms with Crippen molar-refractivity contribution in [2.45, 2.75) is 25.5 Å². The molecule has 11 heavy (non-hydrogen) atoms. The van der Waals surface area contributed by atoms with Crippen molar-refractivity contribution in [3.63, 3.8) is 0 Å². The van der Waals surface area contributed by atoms with Crippen molar-refractivity contribution in [1.29, 1.82) is 0 Å². The van der Waals surface area contributed by atoms with Gasteiger partial charge < -0.3 is 15.7 Å². The molecule has 0 radical (unpaired) electrons. The quantitative estimate of drug-likeness (QED) is 0.510. The molecule has 4 heteroatoms. The summed E-state index contributed by atoms with van der Waals surface area (Å²) in [7, 11) is 0. The second-order valence-corrected chi connectivity index (χ2v) is 3.59. The van der Waals surface area contributed by atoms with E-state index in [-0.39, 0.29) is 12.0 Å². The number of carbonyl (C=O) groups excluding carboxylic acids is 1. The van der Waals surface area contributed by atoms with E-state index in [1.807, 2.05) is 0 Å². The van der Waals surface area contributed by atoms with Crippen LogP contribution in [-0.2, 0) is 4.79 Å². The van der Waals surface area contributed by atoms with Gasteiger partial charge in [-0.1, -0.05) is 0 Å². The highest BCUT2D eigenvalue weighted by molar-refractivity contribution is 5.85. The fraction of sp³-hybridized carbons (Fsp3) is 0.857. The van der Waals surface area contributed by atoms with Crippen molar-refractivity contribution in [1.82, 2.24) is 4.90 Å². The molecule has 1 aliphatic rings. The topological polar surface area (TPSA) is 66.6 Å². The molecule has 0 aromatic carbocycles. The van der Waals surface area contributed by atoms with Crippen LogP contribution in [-0.4, -0.2) is 40.6 Å². The zero-order valence-corrected chi connectivity index (χ0v) is 6.87. The number of nitrogens with zero attached hydrogens (tertiary/aromatic N) is 1. The maximum Gasteiger partial charge on any atom is 0.242 e. The van der Waals surface area contributed by atoms with Gasteiger partial charge in [0.1, 0.15) is 0 Å². The van der Waals surface area contributed by atoms with Crippen LogP contribution < -0.4 is 5.73 Å². The van der Waals surface area contributed by atoms with Gasteiger partial charge in [-0.25, -0.2) is 0 Å². The predicted octanol–water partition coefficient (Wildman–Crippen LogP) is -1.07. The molecule has 0 bridgehead atoms. The summed E-state index contributed by atoms with van der Waals surface area (Å²) in [5.41, 5.74) is 4.76. The Labute approximate surface area is 66.0 Å². The first-order valence-electron chi connectivity index (χ1n) is 3.67. The molecule has 4 nitrogen and oxygen atoms in total. The van der Waals surface area contributed by atoms with E-state index in [9.17, 15) is 4.79 Å². The van der Waals surface area contributed by atoms with Gasteiger partial charge in [-0.05, 0) is 13.8 Å². The van der Waals surface area contributed by atoms with Crippen LogP contribution >= 0.6 is 0 Å². The Morgan fingerprint density at radius 3 is 2.36 bits per heavy atom. The Morgan fingerprint density at radius 2 is 2.09 bits per heavy atom. The summed E-state index contributed by atoms with van der Waals surface area (Å²) >= 11 is 0. The lowest BCUT2D eigenvalue weighted by Gasteiger charge is -2.39. The standard InChI is InChI=1S/C7H14N2O2/c1-7(2,8)6(11)9-3-5(10)4-9/h5,10H,3-4,8H2,1-2H3. The highest BCUT2D eigenvalue weighted by Gasteiger charge is 2.35. The van der Waals surface area contributed by atoms with Crippen LogP contribution in [0.15, 0.2) is 0 Å². The number of hydrogen-bond acceptors (Lipinski definition) is 3. The Bertz CT molecular complexity index is 168. The van der Waals surface area contributed by atoms with E-state index < -0.39 is 5.54 Å². The van der Waals surface area contributed by atoms with Gasteiger partial charge in [0.2, 0.25) is 5.91 Å². The molecule has 0 aromatic heterocycles. The van der Waals surface area contributed by atoms with Crippen molar-refractivity contribution >= 4 is 5.91 Å². The van der Waals surface area contributed by atoms with E-state index in [0.717, 1.165) is 0 Å².